The maximum atomic E-state index is 12.2. The standard InChI is InChI=1S/C17H20N2O5/c1-10(2)14(17(23)24)18-13(20)8-5-9-19-15(21)11-6-3-4-7-12(11)16(19)22/h3-4,6-7,10,14H,5,8-9H2,1-2H3,(H,18,20)(H,23,24). The average Bonchev–Trinajstić information content (AvgIpc) is 2.77. The Labute approximate surface area is 139 Å². The number of carboxylic acid groups (broad SMARTS) is 1. The van der Waals surface area contributed by atoms with Gasteiger partial charge in [0.1, 0.15) is 6.04 Å². The number of nitrogens with one attached hydrogen (secondary N) is 1. The third-order valence-electron chi connectivity index (χ3n) is 3.91. The number of carbonyl (C=O) groups is 4. The number of benzene rings is 1. The third-order valence-corrected chi connectivity index (χ3v) is 3.91. The van der Waals surface area contributed by atoms with Crippen molar-refractivity contribution >= 4 is 23.7 Å². The lowest BCUT2D eigenvalue weighted by Crippen LogP contribution is -2.44. The van der Waals surface area contributed by atoms with Gasteiger partial charge in [-0.1, -0.05) is 26.0 Å². The normalized spacial score (nSPS) is 14.7. The van der Waals surface area contributed by atoms with Crippen LogP contribution in [-0.2, 0) is 9.59 Å². The number of imide groups is 1. The van der Waals surface area contributed by atoms with E-state index >= 15 is 0 Å². The first kappa shape index (κ1) is 17.7. The van der Waals surface area contributed by atoms with E-state index in [4.69, 9.17) is 5.11 Å². The molecule has 7 nitrogen and oxygen atoms in total. The van der Waals surface area contributed by atoms with Crippen LogP contribution < -0.4 is 5.32 Å². The van der Waals surface area contributed by atoms with Gasteiger partial charge in [-0.2, -0.15) is 0 Å². The molecule has 0 aliphatic carbocycles. The highest BCUT2D eigenvalue weighted by Crippen LogP contribution is 2.22. The van der Waals surface area contributed by atoms with Crippen molar-refractivity contribution in [2.24, 2.45) is 5.92 Å². The molecule has 2 N–H and O–H groups in total. The van der Waals surface area contributed by atoms with Crippen LogP contribution >= 0.6 is 0 Å². The molecule has 0 aromatic heterocycles. The Bertz CT molecular complexity index is 648. The van der Waals surface area contributed by atoms with Crippen LogP contribution in [0.5, 0.6) is 0 Å². The number of fused-ring (bicyclic) bond motifs is 1. The zero-order chi connectivity index (χ0) is 17.9. The van der Waals surface area contributed by atoms with Crippen LogP contribution in [0.1, 0.15) is 47.4 Å². The van der Waals surface area contributed by atoms with Gasteiger partial charge in [0, 0.05) is 13.0 Å². The Morgan fingerprint density at radius 3 is 2.12 bits per heavy atom. The van der Waals surface area contributed by atoms with E-state index in [-0.39, 0.29) is 37.1 Å². The second kappa shape index (κ2) is 7.25. The second-order valence-electron chi connectivity index (χ2n) is 6.04. The smallest absolute Gasteiger partial charge is 0.326 e. The van der Waals surface area contributed by atoms with Crippen LogP contribution in [0.2, 0.25) is 0 Å². The van der Waals surface area contributed by atoms with Crippen molar-refractivity contribution in [3.63, 3.8) is 0 Å². The first-order valence-electron chi connectivity index (χ1n) is 7.80. The Morgan fingerprint density at radius 1 is 1.12 bits per heavy atom. The average molecular weight is 332 g/mol. The van der Waals surface area contributed by atoms with Gasteiger partial charge in [0.2, 0.25) is 5.91 Å². The van der Waals surface area contributed by atoms with Crippen LogP contribution in [0.25, 0.3) is 0 Å². The fourth-order valence-electron chi connectivity index (χ4n) is 2.60. The summed E-state index contributed by atoms with van der Waals surface area (Å²) < 4.78 is 0. The van der Waals surface area contributed by atoms with Crippen molar-refractivity contribution in [2.75, 3.05) is 6.54 Å². The van der Waals surface area contributed by atoms with Crippen LogP contribution in [0.15, 0.2) is 24.3 Å². The molecule has 1 aromatic carbocycles. The first-order chi connectivity index (χ1) is 11.3. The van der Waals surface area contributed by atoms with Crippen LogP contribution in [-0.4, -0.2) is 46.3 Å². The van der Waals surface area contributed by atoms with Gasteiger partial charge in [0.15, 0.2) is 0 Å². The molecule has 0 fully saturated rings. The van der Waals surface area contributed by atoms with Crippen molar-refractivity contribution in [3.8, 4) is 0 Å². The van der Waals surface area contributed by atoms with Gasteiger partial charge in [-0.3, -0.25) is 19.3 Å². The molecule has 24 heavy (non-hydrogen) atoms. The molecule has 1 aliphatic heterocycles. The molecule has 0 radical (unpaired) electrons. The van der Waals surface area contributed by atoms with Crippen molar-refractivity contribution in [1.29, 1.82) is 0 Å². The zero-order valence-electron chi connectivity index (χ0n) is 13.6. The molecule has 7 heteroatoms. The monoisotopic (exact) mass is 332 g/mol. The molecule has 1 atom stereocenters. The molecule has 1 aliphatic rings. The third kappa shape index (κ3) is 3.61. The summed E-state index contributed by atoms with van der Waals surface area (Å²) in [6.07, 6.45) is 0.325. The SMILES string of the molecule is CC(C)C(NC(=O)CCCN1C(=O)c2ccccc2C1=O)C(=O)O. The number of aliphatic carboxylic acids is 1. The molecular formula is C17H20N2O5. The van der Waals surface area contributed by atoms with E-state index in [1.54, 1.807) is 38.1 Å². The van der Waals surface area contributed by atoms with Crippen LogP contribution in [0.3, 0.4) is 0 Å². The maximum absolute atomic E-state index is 12.2. The number of rotatable bonds is 7. The molecule has 128 valence electrons. The van der Waals surface area contributed by atoms with E-state index in [1.807, 2.05) is 0 Å². The van der Waals surface area contributed by atoms with Crippen molar-refractivity contribution < 1.29 is 24.3 Å². The highest BCUT2D eigenvalue weighted by Gasteiger charge is 2.34. The van der Waals surface area contributed by atoms with E-state index in [1.165, 1.54) is 0 Å². The first-order valence-corrected chi connectivity index (χ1v) is 7.80. The minimum atomic E-state index is -1.08. The lowest BCUT2D eigenvalue weighted by molar-refractivity contribution is -0.143. The van der Waals surface area contributed by atoms with E-state index in [2.05, 4.69) is 5.32 Å². The minimum absolute atomic E-state index is 0.0455. The van der Waals surface area contributed by atoms with E-state index in [0.29, 0.717) is 11.1 Å². The summed E-state index contributed by atoms with van der Waals surface area (Å²) in [7, 11) is 0. The summed E-state index contributed by atoms with van der Waals surface area (Å²) in [5.74, 6) is -2.45. The fraction of sp³-hybridized carbons (Fsp3) is 0.412. The number of carboxylic acids is 1. The van der Waals surface area contributed by atoms with Crippen LogP contribution in [0, 0.1) is 5.92 Å². The molecule has 3 amide bonds. The predicted molar refractivity (Wildman–Crippen MR) is 85.4 cm³/mol. The van der Waals surface area contributed by atoms with Gasteiger partial charge in [-0.15, -0.1) is 0 Å². The molecule has 0 bridgehead atoms. The topological polar surface area (TPSA) is 104 Å². The second-order valence-corrected chi connectivity index (χ2v) is 6.04. The highest BCUT2D eigenvalue weighted by atomic mass is 16.4. The van der Waals surface area contributed by atoms with Crippen LogP contribution in [0.4, 0.5) is 0 Å². The zero-order valence-corrected chi connectivity index (χ0v) is 13.6. The molecule has 1 heterocycles. The summed E-state index contributed by atoms with van der Waals surface area (Å²) in [5.41, 5.74) is 0.746. The summed E-state index contributed by atoms with van der Waals surface area (Å²) in [6, 6.07) is 5.64. The highest BCUT2D eigenvalue weighted by molar-refractivity contribution is 6.21. The Balaban J connectivity index is 1.87. The molecule has 2 rings (SSSR count). The lowest BCUT2D eigenvalue weighted by atomic mass is 10.0. The number of amides is 3. The summed E-state index contributed by atoms with van der Waals surface area (Å²) in [6.45, 7) is 3.54. The van der Waals surface area contributed by atoms with Gasteiger partial charge in [0.05, 0.1) is 11.1 Å². The van der Waals surface area contributed by atoms with Gasteiger partial charge in [0.25, 0.3) is 11.8 Å². The number of hydrogen-bond acceptors (Lipinski definition) is 4. The molecule has 1 aromatic rings. The molecule has 1 unspecified atom stereocenters. The summed E-state index contributed by atoms with van der Waals surface area (Å²) in [5, 5.41) is 11.5. The minimum Gasteiger partial charge on any atom is -0.480 e. The van der Waals surface area contributed by atoms with E-state index in [0.717, 1.165) is 4.90 Å². The number of nitrogens with zero attached hydrogens (tertiary/aromatic N) is 1. The summed E-state index contributed by atoms with van der Waals surface area (Å²) in [4.78, 5) is 48.4. The maximum Gasteiger partial charge on any atom is 0.326 e. The van der Waals surface area contributed by atoms with E-state index < -0.39 is 17.9 Å². The van der Waals surface area contributed by atoms with Crippen molar-refractivity contribution in [1.82, 2.24) is 10.2 Å². The molecule has 0 saturated heterocycles. The quantitative estimate of drug-likeness (QED) is 0.732. The molecule has 0 saturated carbocycles. The number of carbonyl (C=O) groups excluding carboxylic acids is 3. The largest absolute Gasteiger partial charge is 0.480 e. The van der Waals surface area contributed by atoms with Gasteiger partial charge >= 0.3 is 5.97 Å². The van der Waals surface area contributed by atoms with Crippen molar-refractivity contribution in [3.05, 3.63) is 35.4 Å². The van der Waals surface area contributed by atoms with Gasteiger partial charge in [-0.25, -0.2) is 4.79 Å². The Hall–Kier alpha value is -2.70. The Morgan fingerprint density at radius 2 is 1.67 bits per heavy atom. The lowest BCUT2D eigenvalue weighted by Gasteiger charge is -2.18. The molecular weight excluding hydrogens is 312 g/mol. The fourth-order valence-corrected chi connectivity index (χ4v) is 2.60. The van der Waals surface area contributed by atoms with Gasteiger partial charge < -0.3 is 10.4 Å². The Kier molecular flexibility index (Phi) is 5.33. The molecule has 0 spiro atoms. The predicted octanol–water partition coefficient (Wildman–Crippen LogP) is 1.29. The van der Waals surface area contributed by atoms with Crippen molar-refractivity contribution in [2.45, 2.75) is 32.7 Å². The van der Waals surface area contributed by atoms with E-state index in [9.17, 15) is 19.2 Å². The van der Waals surface area contributed by atoms with Gasteiger partial charge in [-0.05, 0) is 24.5 Å². The summed E-state index contributed by atoms with van der Waals surface area (Å²) >= 11 is 0. The number of hydrogen-bond donors (Lipinski definition) is 2.